The van der Waals surface area contributed by atoms with E-state index in [0.29, 0.717) is 13.2 Å². The van der Waals surface area contributed by atoms with Gasteiger partial charge in [0.2, 0.25) is 5.91 Å². The Morgan fingerprint density at radius 2 is 1.96 bits per heavy atom. The molecule has 3 rings (SSSR count). The number of hydrogen-bond acceptors (Lipinski definition) is 4. The summed E-state index contributed by atoms with van der Waals surface area (Å²) in [6, 6.07) is 4.18. The lowest BCUT2D eigenvalue weighted by Crippen LogP contribution is -2.53. The van der Waals surface area contributed by atoms with Crippen LogP contribution >= 0.6 is 0 Å². The van der Waals surface area contributed by atoms with E-state index in [1.54, 1.807) is 6.92 Å². The summed E-state index contributed by atoms with van der Waals surface area (Å²) in [5, 5.41) is 3.38. The first-order chi connectivity index (χ1) is 13.5. The van der Waals surface area contributed by atoms with E-state index in [1.165, 1.54) is 5.56 Å². The van der Waals surface area contributed by atoms with Gasteiger partial charge in [0, 0.05) is 57.2 Å². The summed E-state index contributed by atoms with van der Waals surface area (Å²) < 4.78 is 11.8. The van der Waals surface area contributed by atoms with E-state index in [9.17, 15) is 4.79 Å². The van der Waals surface area contributed by atoms with Gasteiger partial charge in [0.1, 0.15) is 17.6 Å². The molecule has 28 heavy (non-hydrogen) atoms. The van der Waals surface area contributed by atoms with Crippen molar-refractivity contribution in [3.8, 4) is 11.5 Å². The van der Waals surface area contributed by atoms with Crippen LogP contribution < -0.4 is 14.8 Å². The van der Waals surface area contributed by atoms with Crippen molar-refractivity contribution in [1.29, 1.82) is 0 Å². The maximum Gasteiger partial charge on any atom is 0.219 e. The average Bonchev–Trinajstić information content (AvgIpc) is 3.04. The normalized spacial score (nSPS) is 19.3. The average molecular weight is 389 g/mol. The highest BCUT2D eigenvalue weighted by Crippen LogP contribution is 2.35. The molecule has 1 atom stereocenters. The Balaban J connectivity index is 1.76. The number of nitrogens with one attached hydrogen (secondary N) is 1. The van der Waals surface area contributed by atoms with Gasteiger partial charge in [-0.25, -0.2) is 4.99 Å². The Kier molecular flexibility index (Phi) is 6.65. The fraction of sp³-hybridized carbons (Fsp3) is 0.619. The molecule has 2 aliphatic heterocycles. The Labute approximate surface area is 167 Å². The summed E-state index contributed by atoms with van der Waals surface area (Å²) in [6.07, 6.45) is 1.13. The van der Waals surface area contributed by atoms with Crippen molar-refractivity contribution in [1.82, 2.24) is 15.1 Å². The van der Waals surface area contributed by atoms with Gasteiger partial charge in [-0.2, -0.15) is 0 Å². The number of fused-ring (bicyclic) bond motifs is 1. The van der Waals surface area contributed by atoms with Crippen molar-refractivity contribution in [2.45, 2.75) is 46.8 Å². The summed E-state index contributed by atoms with van der Waals surface area (Å²) in [5.41, 5.74) is 2.24. The van der Waals surface area contributed by atoms with E-state index in [-0.39, 0.29) is 12.0 Å². The van der Waals surface area contributed by atoms with Crippen molar-refractivity contribution in [3.05, 3.63) is 23.3 Å². The van der Waals surface area contributed by atoms with E-state index < -0.39 is 0 Å². The number of aliphatic imine (C=N–C) groups is 1. The van der Waals surface area contributed by atoms with Crippen LogP contribution in [0.3, 0.4) is 0 Å². The zero-order chi connectivity index (χ0) is 20.1. The highest BCUT2D eigenvalue weighted by molar-refractivity contribution is 5.80. The first-order valence-electron chi connectivity index (χ1n) is 10.3. The number of hydrogen-bond donors (Lipinski definition) is 1. The minimum Gasteiger partial charge on any atom is -0.494 e. The van der Waals surface area contributed by atoms with Crippen LogP contribution in [0.15, 0.2) is 17.1 Å². The van der Waals surface area contributed by atoms with Crippen LogP contribution in [0.2, 0.25) is 0 Å². The van der Waals surface area contributed by atoms with Crippen molar-refractivity contribution in [2.24, 2.45) is 4.99 Å². The number of carbonyl (C=O) groups is 1. The van der Waals surface area contributed by atoms with Gasteiger partial charge in [0.25, 0.3) is 0 Å². The van der Waals surface area contributed by atoms with Crippen molar-refractivity contribution in [3.63, 3.8) is 0 Å². The van der Waals surface area contributed by atoms with E-state index in [2.05, 4.69) is 36.2 Å². The van der Waals surface area contributed by atoms with Gasteiger partial charge in [0.15, 0.2) is 5.96 Å². The highest BCUT2D eigenvalue weighted by atomic mass is 16.5. The molecule has 2 aliphatic rings. The predicted octanol–water partition coefficient (Wildman–Crippen LogP) is 2.04. The molecule has 154 valence electrons. The molecule has 0 bridgehead atoms. The largest absolute Gasteiger partial charge is 0.494 e. The Hall–Kier alpha value is -2.44. The van der Waals surface area contributed by atoms with Crippen molar-refractivity contribution >= 4 is 11.9 Å². The highest BCUT2D eigenvalue weighted by Gasteiger charge is 2.23. The number of guanidine groups is 1. The third kappa shape index (κ3) is 4.69. The van der Waals surface area contributed by atoms with Crippen LogP contribution in [-0.4, -0.2) is 67.1 Å². The monoisotopic (exact) mass is 388 g/mol. The van der Waals surface area contributed by atoms with Crippen molar-refractivity contribution < 1.29 is 14.3 Å². The minimum atomic E-state index is 0.135. The molecule has 1 aromatic rings. The SMILES string of the molecule is CCNC(=NCc1cc2c(cc1OCC)CC(C)O2)N1CCN(C(C)=O)CC1. The molecule has 1 fully saturated rings. The topological polar surface area (TPSA) is 66.4 Å². The molecular weight excluding hydrogens is 356 g/mol. The van der Waals surface area contributed by atoms with Gasteiger partial charge in [0.05, 0.1) is 13.2 Å². The van der Waals surface area contributed by atoms with Gasteiger partial charge in [-0.1, -0.05) is 0 Å². The molecule has 1 amide bonds. The third-order valence-corrected chi connectivity index (χ3v) is 5.14. The first-order valence-corrected chi connectivity index (χ1v) is 10.3. The number of amides is 1. The van der Waals surface area contributed by atoms with Crippen LogP contribution in [0.1, 0.15) is 38.8 Å². The maximum atomic E-state index is 11.6. The van der Waals surface area contributed by atoms with Gasteiger partial charge in [-0.15, -0.1) is 0 Å². The van der Waals surface area contributed by atoms with Crippen LogP contribution in [0.5, 0.6) is 11.5 Å². The molecular formula is C21H32N4O3. The molecule has 2 heterocycles. The second kappa shape index (κ2) is 9.17. The first kappa shape index (κ1) is 20.3. The summed E-state index contributed by atoms with van der Waals surface area (Å²) in [4.78, 5) is 20.5. The lowest BCUT2D eigenvalue weighted by atomic mass is 10.1. The third-order valence-electron chi connectivity index (χ3n) is 5.14. The smallest absolute Gasteiger partial charge is 0.219 e. The molecule has 1 unspecified atom stereocenters. The van der Waals surface area contributed by atoms with Gasteiger partial charge in [-0.05, 0) is 32.9 Å². The number of ether oxygens (including phenoxy) is 2. The molecule has 1 saturated heterocycles. The molecule has 0 radical (unpaired) electrons. The summed E-state index contributed by atoms with van der Waals surface area (Å²) >= 11 is 0. The zero-order valence-electron chi connectivity index (χ0n) is 17.5. The molecule has 7 nitrogen and oxygen atoms in total. The number of carbonyl (C=O) groups excluding carboxylic acids is 1. The number of rotatable bonds is 5. The lowest BCUT2D eigenvalue weighted by molar-refractivity contribution is -0.130. The molecule has 0 aromatic heterocycles. The van der Waals surface area contributed by atoms with Crippen LogP contribution in [0, 0.1) is 0 Å². The van der Waals surface area contributed by atoms with E-state index in [0.717, 1.165) is 62.2 Å². The number of benzene rings is 1. The van der Waals surface area contributed by atoms with Gasteiger partial charge in [-0.3, -0.25) is 4.79 Å². The van der Waals surface area contributed by atoms with E-state index >= 15 is 0 Å². The molecule has 0 spiro atoms. The molecule has 1 aromatic carbocycles. The Morgan fingerprint density at radius 1 is 1.25 bits per heavy atom. The maximum absolute atomic E-state index is 11.6. The van der Waals surface area contributed by atoms with Crippen molar-refractivity contribution in [2.75, 3.05) is 39.3 Å². The van der Waals surface area contributed by atoms with Crippen LogP contribution in [0.4, 0.5) is 0 Å². The Bertz CT molecular complexity index is 727. The fourth-order valence-electron chi connectivity index (χ4n) is 3.71. The number of nitrogens with zero attached hydrogens (tertiary/aromatic N) is 3. The molecule has 1 N–H and O–H groups in total. The van der Waals surface area contributed by atoms with Crippen LogP contribution in [0.25, 0.3) is 0 Å². The summed E-state index contributed by atoms with van der Waals surface area (Å²) in [6.45, 7) is 12.8. The standard InChI is InChI=1S/C21H32N4O3/c1-5-22-21(25-9-7-24(8-10-25)16(4)26)23-14-18-13-20-17(11-15(3)28-20)12-19(18)27-6-2/h12-13,15H,5-11,14H2,1-4H3,(H,22,23). The van der Waals surface area contributed by atoms with Gasteiger partial charge < -0.3 is 24.6 Å². The molecule has 7 heteroatoms. The quantitative estimate of drug-likeness (QED) is 0.618. The molecule has 0 aliphatic carbocycles. The minimum absolute atomic E-state index is 0.135. The Morgan fingerprint density at radius 3 is 2.61 bits per heavy atom. The second-order valence-corrected chi connectivity index (χ2v) is 7.30. The summed E-state index contributed by atoms with van der Waals surface area (Å²) in [5.74, 6) is 2.85. The lowest BCUT2D eigenvalue weighted by Gasteiger charge is -2.36. The zero-order valence-corrected chi connectivity index (χ0v) is 17.5. The fourth-order valence-corrected chi connectivity index (χ4v) is 3.71. The number of piperazine rings is 1. The van der Waals surface area contributed by atoms with E-state index in [4.69, 9.17) is 14.5 Å². The predicted molar refractivity (Wildman–Crippen MR) is 110 cm³/mol. The summed E-state index contributed by atoms with van der Waals surface area (Å²) in [7, 11) is 0. The molecule has 0 saturated carbocycles. The van der Waals surface area contributed by atoms with Gasteiger partial charge >= 0.3 is 0 Å². The van der Waals surface area contributed by atoms with Crippen LogP contribution in [-0.2, 0) is 17.8 Å². The second-order valence-electron chi connectivity index (χ2n) is 7.30. The van der Waals surface area contributed by atoms with E-state index in [1.807, 2.05) is 11.8 Å².